The minimum atomic E-state index is -0.205. The van der Waals surface area contributed by atoms with Crippen LogP contribution in [0.15, 0.2) is 45.5 Å². The summed E-state index contributed by atoms with van der Waals surface area (Å²) in [4.78, 5) is 1.97. The van der Waals surface area contributed by atoms with Gasteiger partial charge in [-0.1, -0.05) is 18.2 Å². The molecule has 2 rings (SSSR count). The fourth-order valence-electron chi connectivity index (χ4n) is 2.04. The van der Waals surface area contributed by atoms with E-state index in [1.165, 1.54) is 6.07 Å². The van der Waals surface area contributed by atoms with Crippen molar-refractivity contribution in [1.82, 2.24) is 4.90 Å². The van der Waals surface area contributed by atoms with Gasteiger partial charge in [-0.25, -0.2) is 4.39 Å². The van der Waals surface area contributed by atoms with Gasteiger partial charge in [0.2, 0.25) is 0 Å². The Morgan fingerprint density at radius 3 is 2.68 bits per heavy atom. The Hall–Kier alpha value is -1.17. The maximum atomic E-state index is 13.6. The van der Waals surface area contributed by atoms with E-state index in [0.29, 0.717) is 18.7 Å². The summed E-state index contributed by atoms with van der Waals surface area (Å²) in [7, 11) is 1.90. The van der Waals surface area contributed by atoms with Crippen molar-refractivity contribution in [2.24, 2.45) is 5.73 Å². The quantitative estimate of drug-likeness (QED) is 0.916. The average molecular weight is 327 g/mol. The maximum Gasteiger partial charge on any atom is 0.136 e. The van der Waals surface area contributed by atoms with Crippen molar-refractivity contribution in [2.75, 3.05) is 13.6 Å². The van der Waals surface area contributed by atoms with Crippen LogP contribution in [0.5, 0.6) is 0 Å². The number of benzene rings is 1. The molecule has 2 aromatic rings. The topological polar surface area (TPSA) is 42.4 Å². The van der Waals surface area contributed by atoms with Gasteiger partial charge in [-0.15, -0.1) is 0 Å². The van der Waals surface area contributed by atoms with Crippen molar-refractivity contribution in [1.29, 1.82) is 0 Å². The van der Waals surface area contributed by atoms with Gasteiger partial charge in [0.1, 0.15) is 11.6 Å². The van der Waals surface area contributed by atoms with Crippen LogP contribution >= 0.6 is 15.9 Å². The SMILES string of the molecule is CN(Cc1ccccc1F)C(CN)c1occc1Br. The van der Waals surface area contributed by atoms with Crippen LogP contribution < -0.4 is 5.73 Å². The summed E-state index contributed by atoms with van der Waals surface area (Å²) in [6.45, 7) is 0.874. The van der Waals surface area contributed by atoms with Gasteiger partial charge in [-0.05, 0) is 35.1 Å². The molecule has 0 radical (unpaired) electrons. The van der Waals surface area contributed by atoms with Crippen LogP contribution in [0.4, 0.5) is 4.39 Å². The molecule has 0 aliphatic heterocycles. The number of nitrogens with two attached hydrogens (primary N) is 1. The molecule has 1 aromatic heterocycles. The van der Waals surface area contributed by atoms with Crippen LogP contribution in [0, 0.1) is 5.82 Å². The lowest BCUT2D eigenvalue weighted by atomic mass is 10.1. The number of likely N-dealkylation sites (N-methyl/N-ethyl adjacent to an activating group) is 1. The molecule has 3 nitrogen and oxygen atoms in total. The van der Waals surface area contributed by atoms with Gasteiger partial charge in [0.25, 0.3) is 0 Å². The van der Waals surface area contributed by atoms with Crippen LogP contribution in [0.25, 0.3) is 0 Å². The zero-order chi connectivity index (χ0) is 13.8. The van der Waals surface area contributed by atoms with Crippen LogP contribution in [-0.4, -0.2) is 18.5 Å². The first-order chi connectivity index (χ1) is 9.13. The second kappa shape index (κ2) is 6.32. The van der Waals surface area contributed by atoms with Crippen LogP contribution in [-0.2, 0) is 6.54 Å². The highest BCUT2D eigenvalue weighted by Gasteiger charge is 2.21. The van der Waals surface area contributed by atoms with Crippen molar-refractivity contribution < 1.29 is 8.81 Å². The number of nitrogens with zero attached hydrogens (tertiary/aromatic N) is 1. The van der Waals surface area contributed by atoms with Crippen molar-refractivity contribution in [3.63, 3.8) is 0 Å². The summed E-state index contributed by atoms with van der Waals surface area (Å²) in [6.07, 6.45) is 1.61. The molecule has 102 valence electrons. The van der Waals surface area contributed by atoms with E-state index in [9.17, 15) is 4.39 Å². The first-order valence-electron chi connectivity index (χ1n) is 6.00. The van der Waals surface area contributed by atoms with Crippen LogP contribution in [0.3, 0.4) is 0 Å². The highest BCUT2D eigenvalue weighted by Crippen LogP contribution is 2.28. The Morgan fingerprint density at radius 1 is 1.37 bits per heavy atom. The van der Waals surface area contributed by atoms with Gasteiger partial charge in [-0.3, -0.25) is 4.90 Å². The van der Waals surface area contributed by atoms with E-state index in [1.54, 1.807) is 18.4 Å². The molecule has 1 atom stereocenters. The summed E-state index contributed by atoms with van der Waals surface area (Å²) >= 11 is 3.43. The summed E-state index contributed by atoms with van der Waals surface area (Å²) in [5.41, 5.74) is 6.45. The molecule has 0 saturated carbocycles. The van der Waals surface area contributed by atoms with E-state index in [-0.39, 0.29) is 11.9 Å². The summed E-state index contributed by atoms with van der Waals surface area (Å²) in [6, 6.07) is 8.48. The Kier molecular flexibility index (Phi) is 4.74. The van der Waals surface area contributed by atoms with Crippen LogP contribution in [0.2, 0.25) is 0 Å². The number of hydrogen-bond acceptors (Lipinski definition) is 3. The zero-order valence-electron chi connectivity index (χ0n) is 10.6. The molecular formula is C14H16BrFN2O. The number of halogens is 2. The van der Waals surface area contributed by atoms with E-state index in [1.807, 2.05) is 24.1 Å². The lowest BCUT2D eigenvalue weighted by Crippen LogP contribution is -2.30. The molecule has 0 spiro atoms. The summed E-state index contributed by atoms with van der Waals surface area (Å²) < 4.78 is 20.0. The van der Waals surface area contributed by atoms with E-state index in [4.69, 9.17) is 10.2 Å². The van der Waals surface area contributed by atoms with Crippen molar-refractivity contribution >= 4 is 15.9 Å². The molecule has 1 aromatic carbocycles. The van der Waals surface area contributed by atoms with Crippen molar-refractivity contribution in [3.05, 3.63) is 58.2 Å². The fourth-order valence-corrected chi connectivity index (χ4v) is 2.50. The highest BCUT2D eigenvalue weighted by molar-refractivity contribution is 9.10. The molecule has 19 heavy (non-hydrogen) atoms. The molecule has 0 fully saturated rings. The third-order valence-electron chi connectivity index (χ3n) is 3.08. The molecule has 2 N–H and O–H groups in total. The van der Waals surface area contributed by atoms with Gasteiger partial charge in [-0.2, -0.15) is 0 Å². The van der Waals surface area contributed by atoms with E-state index < -0.39 is 0 Å². The number of furan rings is 1. The fraction of sp³-hybridized carbons (Fsp3) is 0.286. The molecule has 0 aliphatic rings. The molecule has 1 unspecified atom stereocenters. The minimum Gasteiger partial charge on any atom is -0.466 e. The van der Waals surface area contributed by atoms with Crippen molar-refractivity contribution in [3.8, 4) is 0 Å². The number of hydrogen-bond donors (Lipinski definition) is 1. The lowest BCUT2D eigenvalue weighted by Gasteiger charge is -2.25. The van der Waals surface area contributed by atoms with E-state index in [2.05, 4.69) is 15.9 Å². The second-order valence-corrected chi connectivity index (χ2v) is 5.25. The van der Waals surface area contributed by atoms with Gasteiger partial charge in [0.05, 0.1) is 16.8 Å². The molecule has 0 aliphatic carbocycles. The lowest BCUT2D eigenvalue weighted by molar-refractivity contribution is 0.209. The van der Waals surface area contributed by atoms with Gasteiger partial charge in [0.15, 0.2) is 0 Å². The summed E-state index contributed by atoms with van der Waals surface area (Å²) in [5.74, 6) is 0.560. The average Bonchev–Trinajstić information content (AvgIpc) is 2.80. The zero-order valence-corrected chi connectivity index (χ0v) is 12.2. The number of rotatable bonds is 5. The predicted molar refractivity (Wildman–Crippen MR) is 76.1 cm³/mol. The predicted octanol–water partition coefficient (Wildman–Crippen LogP) is 3.31. The maximum absolute atomic E-state index is 13.6. The van der Waals surface area contributed by atoms with E-state index in [0.717, 1.165) is 10.2 Å². The molecule has 0 amide bonds. The first-order valence-corrected chi connectivity index (χ1v) is 6.79. The standard InChI is InChI=1S/C14H16BrFN2O/c1-18(9-10-4-2-3-5-12(10)16)13(8-17)14-11(15)6-7-19-14/h2-7,13H,8-9,17H2,1H3. The molecular weight excluding hydrogens is 311 g/mol. The van der Waals surface area contributed by atoms with Crippen LogP contribution in [0.1, 0.15) is 17.4 Å². The largest absolute Gasteiger partial charge is 0.466 e. The third-order valence-corrected chi connectivity index (χ3v) is 3.74. The van der Waals surface area contributed by atoms with Gasteiger partial charge in [0, 0.05) is 18.7 Å². The monoisotopic (exact) mass is 326 g/mol. The molecule has 0 saturated heterocycles. The van der Waals surface area contributed by atoms with E-state index >= 15 is 0 Å². The van der Waals surface area contributed by atoms with Gasteiger partial charge < -0.3 is 10.2 Å². The smallest absolute Gasteiger partial charge is 0.136 e. The molecule has 1 heterocycles. The normalized spacial score (nSPS) is 12.9. The highest BCUT2D eigenvalue weighted by atomic mass is 79.9. The molecule has 5 heteroatoms. The Balaban J connectivity index is 2.16. The second-order valence-electron chi connectivity index (χ2n) is 4.39. The molecule has 0 bridgehead atoms. The summed E-state index contributed by atoms with van der Waals surface area (Å²) in [5, 5.41) is 0. The Morgan fingerprint density at radius 2 is 2.11 bits per heavy atom. The first kappa shape index (κ1) is 14.2. The Bertz CT molecular complexity index is 544. The Labute approximate surface area is 120 Å². The van der Waals surface area contributed by atoms with Gasteiger partial charge >= 0.3 is 0 Å². The van der Waals surface area contributed by atoms with Crippen molar-refractivity contribution in [2.45, 2.75) is 12.6 Å². The third kappa shape index (κ3) is 3.23. The minimum absolute atomic E-state index is 0.0935.